The summed E-state index contributed by atoms with van der Waals surface area (Å²) < 4.78 is 5.55. The molecule has 0 unspecified atom stereocenters. The fourth-order valence-corrected chi connectivity index (χ4v) is 1.92. The topological polar surface area (TPSA) is 67.6 Å². The first-order chi connectivity index (χ1) is 9.88. The molecule has 0 aromatic heterocycles. The maximum Gasteiger partial charge on any atom is 0.275 e. The Morgan fingerprint density at radius 1 is 1.29 bits per heavy atom. The fraction of sp³-hybridized carbons (Fsp3) is 0.600. The highest BCUT2D eigenvalue weighted by Gasteiger charge is 2.11. The van der Waals surface area contributed by atoms with Gasteiger partial charge in [0, 0.05) is 24.4 Å². The van der Waals surface area contributed by atoms with Crippen molar-refractivity contribution >= 4 is 11.4 Å². The molecule has 1 aromatic rings. The quantitative estimate of drug-likeness (QED) is 0.430. The summed E-state index contributed by atoms with van der Waals surface area (Å²) in [6, 6.07) is 4.80. The van der Waals surface area contributed by atoms with Crippen molar-refractivity contribution in [3.63, 3.8) is 0 Å². The number of benzene rings is 1. The van der Waals surface area contributed by atoms with Gasteiger partial charge in [0.2, 0.25) is 0 Å². The number of anilines is 1. The van der Waals surface area contributed by atoms with E-state index >= 15 is 0 Å². The second-order valence-electron chi connectivity index (χ2n) is 5.58. The average molecular weight is 295 g/mol. The number of nitrogens with one attached hydrogen (secondary N) is 1. The van der Waals surface area contributed by atoms with E-state index in [1.54, 1.807) is 12.1 Å². The van der Waals surface area contributed by atoms with E-state index in [1.807, 2.05) is 27.9 Å². The molecule has 1 rings (SSSR count). The first-order valence-corrected chi connectivity index (χ1v) is 7.23. The van der Waals surface area contributed by atoms with Crippen LogP contribution < -0.4 is 10.1 Å². The maximum atomic E-state index is 11.0. The lowest BCUT2D eigenvalue weighted by molar-refractivity contribution is -0.384. The third kappa shape index (κ3) is 6.94. The second-order valence-corrected chi connectivity index (χ2v) is 5.58. The first kappa shape index (κ1) is 17.2. The summed E-state index contributed by atoms with van der Waals surface area (Å²) in [6.45, 7) is 5.62. The van der Waals surface area contributed by atoms with Gasteiger partial charge in [-0.1, -0.05) is 0 Å². The molecular weight excluding hydrogens is 270 g/mol. The molecule has 0 aliphatic rings. The van der Waals surface area contributed by atoms with E-state index in [0.29, 0.717) is 5.75 Å². The molecule has 1 N–H and O–H groups in total. The highest BCUT2D eigenvalue weighted by molar-refractivity contribution is 5.56. The number of ether oxygens (including phenoxy) is 1. The first-order valence-electron chi connectivity index (χ1n) is 7.23. The van der Waals surface area contributed by atoms with Gasteiger partial charge in [-0.15, -0.1) is 0 Å². The van der Waals surface area contributed by atoms with E-state index in [1.165, 1.54) is 6.07 Å². The molecule has 0 fully saturated rings. The SMILES string of the molecule is CC(C)Oc1cc(NCCCCN(C)C)cc([N+](=O)[O-])c1. The predicted molar refractivity (Wildman–Crippen MR) is 85.1 cm³/mol. The van der Waals surface area contributed by atoms with Gasteiger partial charge in [-0.05, 0) is 47.3 Å². The van der Waals surface area contributed by atoms with E-state index in [2.05, 4.69) is 10.2 Å². The minimum absolute atomic E-state index is 0.0139. The normalized spacial score (nSPS) is 11.0. The van der Waals surface area contributed by atoms with E-state index in [0.717, 1.165) is 31.6 Å². The zero-order valence-electron chi connectivity index (χ0n) is 13.3. The van der Waals surface area contributed by atoms with E-state index < -0.39 is 4.92 Å². The van der Waals surface area contributed by atoms with Crippen LogP contribution in [0.1, 0.15) is 26.7 Å². The maximum absolute atomic E-state index is 11.0. The number of unbranched alkanes of at least 4 members (excludes halogenated alkanes) is 1. The number of rotatable bonds is 9. The highest BCUT2D eigenvalue weighted by atomic mass is 16.6. The Bertz CT molecular complexity index is 461. The van der Waals surface area contributed by atoms with Crippen molar-refractivity contribution in [2.24, 2.45) is 0 Å². The Hall–Kier alpha value is -1.82. The van der Waals surface area contributed by atoms with Gasteiger partial charge in [0.05, 0.1) is 17.1 Å². The molecule has 6 heteroatoms. The molecule has 6 nitrogen and oxygen atoms in total. The van der Waals surface area contributed by atoms with Gasteiger partial charge in [-0.2, -0.15) is 0 Å². The molecular formula is C15H25N3O3. The van der Waals surface area contributed by atoms with E-state index in [9.17, 15) is 10.1 Å². The van der Waals surface area contributed by atoms with Gasteiger partial charge in [-0.3, -0.25) is 10.1 Å². The van der Waals surface area contributed by atoms with Crippen LogP contribution in [0.3, 0.4) is 0 Å². The zero-order chi connectivity index (χ0) is 15.8. The molecule has 0 bridgehead atoms. The van der Waals surface area contributed by atoms with Gasteiger partial charge in [0.1, 0.15) is 5.75 Å². The van der Waals surface area contributed by atoms with Crippen LogP contribution in [0.15, 0.2) is 18.2 Å². The summed E-state index contributed by atoms with van der Waals surface area (Å²) in [6.07, 6.45) is 2.09. The third-order valence-electron chi connectivity index (χ3n) is 2.84. The lowest BCUT2D eigenvalue weighted by Crippen LogP contribution is -2.14. The number of nitro groups is 1. The lowest BCUT2D eigenvalue weighted by Gasteiger charge is -2.13. The molecule has 0 aliphatic carbocycles. The molecule has 0 radical (unpaired) electrons. The number of nitro benzene ring substituents is 1. The Morgan fingerprint density at radius 3 is 2.57 bits per heavy atom. The van der Waals surface area contributed by atoms with Crippen molar-refractivity contribution in [3.8, 4) is 5.75 Å². The Kier molecular flexibility index (Phi) is 6.94. The van der Waals surface area contributed by atoms with Crippen LogP contribution in [-0.4, -0.2) is 43.1 Å². The van der Waals surface area contributed by atoms with Crippen LogP contribution in [0.4, 0.5) is 11.4 Å². The minimum atomic E-state index is -0.398. The summed E-state index contributed by atoms with van der Waals surface area (Å²) in [7, 11) is 4.09. The number of hydrogen-bond donors (Lipinski definition) is 1. The van der Waals surface area contributed by atoms with Gasteiger partial charge < -0.3 is 15.0 Å². The van der Waals surface area contributed by atoms with E-state index in [4.69, 9.17) is 4.74 Å². The fourth-order valence-electron chi connectivity index (χ4n) is 1.92. The summed E-state index contributed by atoms with van der Waals surface area (Å²) in [4.78, 5) is 12.7. The second kappa shape index (κ2) is 8.46. The molecule has 0 heterocycles. The molecule has 0 amide bonds. The monoisotopic (exact) mass is 295 g/mol. The number of nitrogens with zero attached hydrogens (tertiary/aromatic N) is 2. The summed E-state index contributed by atoms with van der Waals surface area (Å²) in [5.41, 5.74) is 0.772. The average Bonchev–Trinajstić information content (AvgIpc) is 2.36. The van der Waals surface area contributed by atoms with Crippen molar-refractivity contribution in [1.29, 1.82) is 0 Å². The van der Waals surface area contributed by atoms with Crippen LogP contribution in [0.5, 0.6) is 5.75 Å². The van der Waals surface area contributed by atoms with Crippen molar-refractivity contribution in [1.82, 2.24) is 4.90 Å². The van der Waals surface area contributed by atoms with Crippen molar-refractivity contribution < 1.29 is 9.66 Å². The molecule has 0 aliphatic heterocycles. The van der Waals surface area contributed by atoms with Crippen LogP contribution in [0.25, 0.3) is 0 Å². The third-order valence-corrected chi connectivity index (χ3v) is 2.84. The summed E-state index contributed by atoms with van der Waals surface area (Å²) >= 11 is 0. The lowest BCUT2D eigenvalue weighted by atomic mass is 10.2. The summed E-state index contributed by atoms with van der Waals surface area (Å²) in [5.74, 6) is 0.523. The van der Waals surface area contributed by atoms with Gasteiger partial charge >= 0.3 is 0 Å². The van der Waals surface area contributed by atoms with Gasteiger partial charge in [-0.25, -0.2) is 0 Å². The molecule has 118 valence electrons. The van der Waals surface area contributed by atoms with Crippen molar-refractivity contribution in [2.45, 2.75) is 32.8 Å². The van der Waals surface area contributed by atoms with Crippen molar-refractivity contribution in [2.75, 3.05) is 32.5 Å². The number of non-ortho nitro benzene ring substituents is 1. The molecule has 0 saturated heterocycles. The van der Waals surface area contributed by atoms with Crippen LogP contribution in [0, 0.1) is 10.1 Å². The van der Waals surface area contributed by atoms with Gasteiger partial charge in [0.15, 0.2) is 0 Å². The molecule has 0 saturated carbocycles. The zero-order valence-corrected chi connectivity index (χ0v) is 13.3. The molecule has 0 spiro atoms. The Balaban J connectivity index is 2.63. The molecule has 21 heavy (non-hydrogen) atoms. The predicted octanol–water partition coefficient (Wildman–Crippen LogP) is 3.14. The van der Waals surface area contributed by atoms with E-state index in [-0.39, 0.29) is 11.8 Å². The molecule has 0 atom stereocenters. The largest absolute Gasteiger partial charge is 0.491 e. The number of hydrogen-bond acceptors (Lipinski definition) is 5. The summed E-state index contributed by atoms with van der Waals surface area (Å²) in [5, 5.41) is 14.2. The van der Waals surface area contributed by atoms with Crippen LogP contribution in [-0.2, 0) is 0 Å². The minimum Gasteiger partial charge on any atom is -0.491 e. The van der Waals surface area contributed by atoms with Crippen LogP contribution >= 0.6 is 0 Å². The van der Waals surface area contributed by atoms with Crippen molar-refractivity contribution in [3.05, 3.63) is 28.3 Å². The Morgan fingerprint density at radius 2 is 2.00 bits per heavy atom. The highest BCUT2D eigenvalue weighted by Crippen LogP contribution is 2.26. The smallest absolute Gasteiger partial charge is 0.275 e. The van der Waals surface area contributed by atoms with Crippen LogP contribution in [0.2, 0.25) is 0 Å². The Labute approximate surface area is 126 Å². The van der Waals surface area contributed by atoms with Gasteiger partial charge in [0.25, 0.3) is 5.69 Å². The standard InChI is InChI=1S/C15H25N3O3/c1-12(2)21-15-10-13(9-14(11-15)18(19)20)16-7-5-6-8-17(3)4/h9-12,16H,5-8H2,1-4H3. The molecule has 1 aromatic carbocycles.